The van der Waals surface area contributed by atoms with Gasteiger partial charge in [-0.25, -0.2) is 14.8 Å². The van der Waals surface area contributed by atoms with E-state index in [-0.39, 0.29) is 11.6 Å². The van der Waals surface area contributed by atoms with Crippen LogP contribution in [-0.2, 0) is 6.54 Å². The number of aromatic carboxylic acids is 1. The molecule has 0 amide bonds. The van der Waals surface area contributed by atoms with E-state index in [1.807, 2.05) is 26.0 Å². The van der Waals surface area contributed by atoms with Crippen molar-refractivity contribution in [2.24, 2.45) is 0 Å². The van der Waals surface area contributed by atoms with Crippen molar-refractivity contribution >= 4 is 23.5 Å². The third kappa shape index (κ3) is 5.31. The zero-order chi connectivity index (χ0) is 21.5. The maximum atomic E-state index is 11.2. The monoisotopic (exact) mass is 434 g/mol. The molecule has 0 saturated carbocycles. The predicted octanol–water partition coefficient (Wildman–Crippen LogP) is 3.38. The van der Waals surface area contributed by atoms with Crippen molar-refractivity contribution in [1.29, 1.82) is 0 Å². The van der Waals surface area contributed by atoms with E-state index >= 15 is 0 Å². The Hall–Kier alpha value is -2.58. The Kier molecular flexibility index (Phi) is 7.70. The Bertz CT molecular complexity index is 830. The van der Waals surface area contributed by atoms with Crippen molar-refractivity contribution in [2.75, 3.05) is 31.2 Å². The Morgan fingerprint density at radius 2 is 1.73 bits per heavy atom. The van der Waals surface area contributed by atoms with E-state index in [1.54, 1.807) is 0 Å². The number of hydrogen-bond donors (Lipinski definition) is 2. The van der Waals surface area contributed by atoms with Gasteiger partial charge in [0.1, 0.15) is 16.5 Å². The lowest BCUT2D eigenvalue weighted by molar-refractivity contribution is 0.0696. The van der Waals surface area contributed by atoms with E-state index in [0.717, 1.165) is 31.5 Å². The third-order valence-corrected chi connectivity index (χ3v) is 5.28. The number of carbonyl (C=O) groups is 1. The fourth-order valence-electron chi connectivity index (χ4n) is 3.50. The van der Waals surface area contributed by atoms with Gasteiger partial charge in [0.25, 0.3) is 0 Å². The van der Waals surface area contributed by atoms with Gasteiger partial charge in [0.2, 0.25) is 5.95 Å². The van der Waals surface area contributed by atoms with Gasteiger partial charge in [0, 0.05) is 25.0 Å². The Labute approximate surface area is 181 Å². The minimum Gasteiger partial charge on any atom is -0.492 e. The highest BCUT2D eigenvalue weighted by atomic mass is 35.5. The molecule has 2 aromatic rings. The number of nitrogens with zero attached hydrogens (tertiary/aromatic N) is 3. The van der Waals surface area contributed by atoms with Crippen molar-refractivity contribution in [3.63, 3.8) is 0 Å². The zero-order valence-electron chi connectivity index (χ0n) is 17.2. The molecule has 1 aromatic heterocycles. The Balaban J connectivity index is 1.95. The van der Waals surface area contributed by atoms with Crippen LogP contribution in [0.1, 0.15) is 42.6 Å². The molecule has 2 heterocycles. The number of anilines is 1. The van der Waals surface area contributed by atoms with E-state index in [9.17, 15) is 4.79 Å². The minimum atomic E-state index is -1.05. The summed E-state index contributed by atoms with van der Waals surface area (Å²) in [6.45, 7) is 7.13. The van der Waals surface area contributed by atoms with Crippen LogP contribution in [0.5, 0.6) is 11.5 Å². The summed E-state index contributed by atoms with van der Waals surface area (Å²) in [5, 5.41) is 13.0. The number of piperidine rings is 1. The number of hydrogen-bond acceptors (Lipinski definition) is 7. The molecule has 1 saturated heterocycles. The lowest BCUT2D eigenvalue weighted by Gasteiger charge is -2.35. The van der Waals surface area contributed by atoms with E-state index in [1.165, 1.54) is 12.4 Å². The van der Waals surface area contributed by atoms with Crippen molar-refractivity contribution in [1.82, 2.24) is 15.3 Å². The second-order valence-corrected chi connectivity index (χ2v) is 7.34. The summed E-state index contributed by atoms with van der Waals surface area (Å²) in [7, 11) is 0. The molecule has 1 aliphatic heterocycles. The molecule has 0 spiro atoms. The van der Waals surface area contributed by atoms with E-state index in [2.05, 4.69) is 20.2 Å². The van der Waals surface area contributed by atoms with Crippen molar-refractivity contribution in [3.8, 4) is 11.5 Å². The molecule has 1 aliphatic rings. The van der Waals surface area contributed by atoms with Gasteiger partial charge in [-0.05, 0) is 57.5 Å². The van der Waals surface area contributed by atoms with Gasteiger partial charge in [-0.1, -0.05) is 11.6 Å². The summed E-state index contributed by atoms with van der Waals surface area (Å²) in [6, 6.07) is 4.05. The molecule has 30 heavy (non-hydrogen) atoms. The summed E-state index contributed by atoms with van der Waals surface area (Å²) in [5.74, 6) is 0.605. The third-order valence-electron chi connectivity index (χ3n) is 4.91. The van der Waals surface area contributed by atoms with Gasteiger partial charge < -0.3 is 24.8 Å². The molecule has 2 N–H and O–H groups in total. The number of ether oxygens (including phenoxy) is 2. The largest absolute Gasteiger partial charge is 0.492 e. The first kappa shape index (κ1) is 22.1. The molecule has 3 rings (SSSR count). The number of rotatable bonds is 9. The molecule has 0 bridgehead atoms. The molecule has 1 fully saturated rings. The predicted molar refractivity (Wildman–Crippen MR) is 115 cm³/mol. The quantitative estimate of drug-likeness (QED) is 0.620. The summed E-state index contributed by atoms with van der Waals surface area (Å²) >= 11 is 6.44. The van der Waals surface area contributed by atoms with Gasteiger partial charge in [0.05, 0.1) is 18.8 Å². The average molecular weight is 435 g/mol. The standard InChI is InChI=1S/C21H27ClN4O4/c1-3-29-17-9-14(10-18(19(17)22)30-4-2)13-26(16-5-7-23-8-6-16)21-24-11-15(12-25-21)20(27)28/h9-12,16,23H,3-8,13H2,1-2H3,(H,27,28). The number of carboxylic acid groups (broad SMARTS) is 1. The maximum absolute atomic E-state index is 11.2. The topological polar surface area (TPSA) is 96.8 Å². The molecule has 0 unspecified atom stereocenters. The van der Waals surface area contributed by atoms with Crippen LogP contribution in [0.25, 0.3) is 0 Å². The first-order chi connectivity index (χ1) is 14.5. The first-order valence-corrected chi connectivity index (χ1v) is 10.5. The normalized spacial score (nSPS) is 14.4. The molecule has 8 nitrogen and oxygen atoms in total. The molecule has 1 aromatic carbocycles. The maximum Gasteiger partial charge on any atom is 0.338 e. The highest BCUT2D eigenvalue weighted by Crippen LogP contribution is 2.36. The van der Waals surface area contributed by atoms with Crippen LogP contribution in [0, 0.1) is 0 Å². The van der Waals surface area contributed by atoms with Gasteiger partial charge in [-0.15, -0.1) is 0 Å². The van der Waals surface area contributed by atoms with Crippen LogP contribution in [0.3, 0.4) is 0 Å². The van der Waals surface area contributed by atoms with E-state index in [0.29, 0.717) is 42.2 Å². The number of carboxylic acids is 1. The number of nitrogens with one attached hydrogen (secondary N) is 1. The second-order valence-electron chi connectivity index (χ2n) is 6.96. The highest BCUT2D eigenvalue weighted by molar-refractivity contribution is 6.33. The average Bonchev–Trinajstić information content (AvgIpc) is 2.76. The zero-order valence-corrected chi connectivity index (χ0v) is 18.0. The Morgan fingerprint density at radius 3 is 2.23 bits per heavy atom. The summed E-state index contributed by atoms with van der Waals surface area (Å²) in [6.07, 6.45) is 4.57. The fourth-order valence-corrected chi connectivity index (χ4v) is 3.72. The first-order valence-electron chi connectivity index (χ1n) is 10.1. The number of benzene rings is 1. The van der Waals surface area contributed by atoms with Crippen molar-refractivity contribution < 1.29 is 19.4 Å². The summed E-state index contributed by atoms with van der Waals surface area (Å²) in [5.41, 5.74) is 1.02. The van der Waals surface area contributed by atoms with Crippen LogP contribution in [0.15, 0.2) is 24.5 Å². The molecule has 0 aliphatic carbocycles. The molecular weight excluding hydrogens is 408 g/mol. The molecule has 162 valence electrons. The van der Waals surface area contributed by atoms with Crippen molar-refractivity contribution in [2.45, 2.75) is 39.3 Å². The number of halogens is 1. The van der Waals surface area contributed by atoms with Crippen LogP contribution in [0.4, 0.5) is 5.95 Å². The lowest BCUT2D eigenvalue weighted by atomic mass is 10.0. The van der Waals surface area contributed by atoms with Crippen LogP contribution >= 0.6 is 11.6 Å². The second kappa shape index (κ2) is 10.4. The molecule has 0 radical (unpaired) electrons. The molecule has 0 atom stereocenters. The highest BCUT2D eigenvalue weighted by Gasteiger charge is 2.25. The molecular formula is C21H27ClN4O4. The van der Waals surface area contributed by atoms with Crippen molar-refractivity contribution in [3.05, 3.63) is 40.7 Å². The van der Waals surface area contributed by atoms with Gasteiger partial charge >= 0.3 is 5.97 Å². The van der Waals surface area contributed by atoms with Gasteiger partial charge in [-0.3, -0.25) is 0 Å². The van der Waals surface area contributed by atoms with Gasteiger partial charge in [-0.2, -0.15) is 0 Å². The molecule has 9 heteroatoms. The minimum absolute atomic E-state index is 0.0627. The Morgan fingerprint density at radius 1 is 1.17 bits per heavy atom. The lowest BCUT2D eigenvalue weighted by Crippen LogP contribution is -2.43. The summed E-state index contributed by atoms with van der Waals surface area (Å²) in [4.78, 5) is 21.9. The SMILES string of the molecule is CCOc1cc(CN(c2ncc(C(=O)O)cn2)C2CCNCC2)cc(OCC)c1Cl. The fraction of sp³-hybridized carbons (Fsp3) is 0.476. The number of aromatic nitrogens is 2. The van der Waals surface area contributed by atoms with E-state index in [4.69, 9.17) is 26.2 Å². The smallest absolute Gasteiger partial charge is 0.338 e. The van der Waals surface area contributed by atoms with Gasteiger partial charge in [0.15, 0.2) is 0 Å². The van der Waals surface area contributed by atoms with Crippen LogP contribution in [-0.4, -0.2) is 53.4 Å². The van der Waals surface area contributed by atoms with Crippen LogP contribution in [0.2, 0.25) is 5.02 Å². The van der Waals surface area contributed by atoms with E-state index < -0.39 is 5.97 Å². The van der Waals surface area contributed by atoms with Crippen LogP contribution < -0.4 is 19.7 Å². The summed E-state index contributed by atoms with van der Waals surface area (Å²) < 4.78 is 11.4.